The summed E-state index contributed by atoms with van der Waals surface area (Å²) in [5.74, 6) is 2.57. The number of carbonyl (C=O) groups excluding carboxylic acids is 2. The van der Waals surface area contributed by atoms with Crippen LogP contribution in [0.4, 0.5) is 4.79 Å². The second-order valence-corrected chi connectivity index (χ2v) is 9.78. The number of carbonyl (C=O) groups is 2. The highest BCUT2D eigenvalue weighted by molar-refractivity contribution is 5.76. The van der Waals surface area contributed by atoms with Gasteiger partial charge in [-0.2, -0.15) is 0 Å². The Kier molecular flexibility index (Phi) is 10.2. The molecule has 0 saturated heterocycles. The molecular weight excluding hydrogens is 380 g/mol. The van der Waals surface area contributed by atoms with E-state index in [9.17, 15) is 9.59 Å². The number of amides is 2. The lowest BCUT2D eigenvalue weighted by atomic mass is 10.0. The summed E-state index contributed by atoms with van der Waals surface area (Å²) in [4.78, 5) is 23.9. The van der Waals surface area contributed by atoms with E-state index < -0.39 is 0 Å². The van der Waals surface area contributed by atoms with Crippen LogP contribution in [0.3, 0.4) is 0 Å². The van der Waals surface area contributed by atoms with Crippen molar-refractivity contribution in [2.24, 2.45) is 23.7 Å². The van der Waals surface area contributed by atoms with E-state index in [1.807, 2.05) is 13.8 Å². The van der Waals surface area contributed by atoms with Crippen molar-refractivity contribution < 1.29 is 19.1 Å². The first kappa shape index (κ1) is 24.7. The van der Waals surface area contributed by atoms with Crippen molar-refractivity contribution in [2.45, 2.75) is 78.2 Å². The predicted molar refractivity (Wildman–Crippen MR) is 119 cm³/mol. The Morgan fingerprint density at radius 1 is 1.07 bits per heavy atom. The molecule has 1 saturated carbocycles. The van der Waals surface area contributed by atoms with Gasteiger partial charge in [0.1, 0.15) is 0 Å². The first-order valence-electron chi connectivity index (χ1n) is 11.7. The predicted octanol–water partition coefficient (Wildman–Crippen LogP) is 4.44. The summed E-state index contributed by atoms with van der Waals surface area (Å²) in [5.41, 5.74) is -0.303. The van der Waals surface area contributed by atoms with Crippen LogP contribution in [0.25, 0.3) is 0 Å². The monoisotopic (exact) mass is 422 g/mol. The molecular formula is C24H42N2O4. The van der Waals surface area contributed by atoms with Gasteiger partial charge in [-0.25, -0.2) is 4.79 Å². The Bertz CT molecular complexity index is 558. The van der Waals surface area contributed by atoms with E-state index in [1.54, 1.807) is 0 Å². The van der Waals surface area contributed by atoms with E-state index >= 15 is 0 Å². The molecule has 2 aliphatic carbocycles. The molecule has 2 aliphatic rings. The van der Waals surface area contributed by atoms with Gasteiger partial charge < -0.3 is 20.1 Å². The fourth-order valence-corrected chi connectivity index (χ4v) is 4.18. The van der Waals surface area contributed by atoms with Crippen molar-refractivity contribution in [3.05, 3.63) is 12.2 Å². The fourth-order valence-electron chi connectivity index (χ4n) is 4.18. The van der Waals surface area contributed by atoms with E-state index in [1.165, 1.54) is 12.8 Å². The van der Waals surface area contributed by atoms with Gasteiger partial charge in [0.2, 0.25) is 5.91 Å². The lowest BCUT2D eigenvalue weighted by Gasteiger charge is -2.25. The Hall–Kier alpha value is -1.56. The molecule has 172 valence electrons. The van der Waals surface area contributed by atoms with Crippen molar-refractivity contribution in [3.63, 3.8) is 0 Å². The van der Waals surface area contributed by atoms with Gasteiger partial charge in [0.05, 0.1) is 12.2 Å². The molecule has 0 radical (unpaired) electrons. The normalized spacial score (nSPS) is 23.3. The Balaban J connectivity index is 1.48. The third-order valence-electron chi connectivity index (χ3n) is 6.27. The van der Waals surface area contributed by atoms with Gasteiger partial charge in [-0.1, -0.05) is 26.0 Å². The maximum atomic E-state index is 12.0. The quantitative estimate of drug-likeness (QED) is 0.360. The summed E-state index contributed by atoms with van der Waals surface area (Å²) in [6, 6.07) is 0. The fraction of sp³-hybridized carbons (Fsp3) is 0.833. The first-order valence-corrected chi connectivity index (χ1v) is 11.7. The zero-order valence-electron chi connectivity index (χ0n) is 19.4. The number of fused-ring (bicyclic) bond motifs is 1. The molecule has 6 heteroatoms. The number of ether oxygens (including phenoxy) is 2. The number of alkyl carbamates (subject to hydrolysis) is 1. The zero-order valence-corrected chi connectivity index (χ0v) is 19.4. The third-order valence-corrected chi connectivity index (χ3v) is 6.27. The summed E-state index contributed by atoms with van der Waals surface area (Å²) in [6.07, 6.45) is 11.0. The molecule has 0 aromatic carbocycles. The maximum absolute atomic E-state index is 12.0. The zero-order chi connectivity index (χ0) is 22.0. The van der Waals surface area contributed by atoms with Crippen LogP contribution in [0.5, 0.6) is 0 Å². The molecule has 2 rings (SSSR count). The van der Waals surface area contributed by atoms with Crippen LogP contribution < -0.4 is 10.6 Å². The minimum Gasteiger partial charge on any atom is -0.449 e. The molecule has 6 nitrogen and oxygen atoms in total. The van der Waals surface area contributed by atoms with Crippen LogP contribution in [-0.2, 0) is 14.3 Å². The van der Waals surface area contributed by atoms with E-state index in [-0.39, 0.29) is 17.6 Å². The van der Waals surface area contributed by atoms with Crippen molar-refractivity contribution >= 4 is 12.0 Å². The second-order valence-electron chi connectivity index (χ2n) is 9.78. The molecule has 3 atom stereocenters. The standard InChI is InChI=1S/C24H42N2O4/c1-18(2)12-16-30-24(3,4)13-11-22(27)25-14-15-26-23(28)29-17-21-19-9-7-5-6-8-10-20(19)21/h5-6,18-21H,7-17H2,1-4H3,(H,25,27)(H,26,28)/t19-,20+,21?. The molecule has 2 amide bonds. The number of rotatable bonds is 12. The number of nitrogens with one attached hydrogen (secondary N) is 2. The molecule has 0 heterocycles. The Morgan fingerprint density at radius 3 is 2.33 bits per heavy atom. The molecule has 1 unspecified atom stereocenters. The second kappa shape index (κ2) is 12.3. The molecule has 0 aliphatic heterocycles. The molecule has 0 spiro atoms. The van der Waals surface area contributed by atoms with Crippen molar-refractivity contribution in [1.29, 1.82) is 0 Å². The average Bonchev–Trinajstić information content (AvgIpc) is 3.30. The van der Waals surface area contributed by atoms with E-state index in [0.717, 1.165) is 37.7 Å². The van der Waals surface area contributed by atoms with Crippen molar-refractivity contribution in [3.8, 4) is 0 Å². The topological polar surface area (TPSA) is 76.7 Å². The van der Waals surface area contributed by atoms with E-state index in [0.29, 0.717) is 44.4 Å². The summed E-state index contributed by atoms with van der Waals surface area (Å²) in [6.45, 7) is 10.4. The van der Waals surface area contributed by atoms with Crippen molar-refractivity contribution in [1.82, 2.24) is 10.6 Å². The highest BCUT2D eigenvalue weighted by Gasteiger charge is 2.49. The van der Waals surface area contributed by atoms with Crippen LogP contribution in [0, 0.1) is 23.7 Å². The van der Waals surface area contributed by atoms with Crippen LogP contribution in [-0.4, -0.2) is 43.9 Å². The number of hydrogen-bond acceptors (Lipinski definition) is 4. The molecule has 1 fully saturated rings. The van der Waals surface area contributed by atoms with Gasteiger partial charge >= 0.3 is 6.09 Å². The Labute approximate surface area is 182 Å². The molecule has 2 N–H and O–H groups in total. The summed E-state index contributed by atoms with van der Waals surface area (Å²) < 4.78 is 11.3. The van der Waals surface area contributed by atoms with Crippen LogP contribution >= 0.6 is 0 Å². The van der Waals surface area contributed by atoms with Gasteiger partial charge in [-0.05, 0) is 76.0 Å². The number of allylic oxidation sites excluding steroid dienone is 2. The third kappa shape index (κ3) is 9.50. The minimum absolute atomic E-state index is 0.0199. The van der Waals surface area contributed by atoms with Crippen LogP contribution in [0.2, 0.25) is 0 Å². The largest absolute Gasteiger partial charge is 0.449 e. The molecule has 30 heavy (non-hydrogen) atoms. The van der Waals surface area contributed by atoms with Gasteiger partial charge in [0.15, 0.2) is 0 Å². The van der Waals surface area contributed by atoms with E-state index in [4.69, 9.17) is 9.47 Å². The smallest absolute Gasteiger partial charge is 0.407 e. The summed E-state index contributed by atoms with van der Waals surface area (Å²) in [7, 11) is 0. The molecule has 0 aromatic heterocycles. The first-order chi connectivity index (χ1) is 14.3. The summed E-state index contributed by atoms with van der Waals surface area (Å²) >= 11 is 0. The molecule has 0 bridgehead atoms. The van der Waals surface area contributed by atoms with Crippen LogP contribution in [0.15, 0.2) is 12.2 Å². The number of hydrogen-bond donors (Lipinski definition) is 2. The average molecular weight is 423 g/mol. The van der Waals surface area contributed by atoms with E-state index in [2.05, 4.69) is 36.6 Å². The lowest BCUT2D eigenvalue weighted by molar-refractivity contribution is -0.122. The van der Waals surface area contributed by atoms with Crippen LogP contribution in [0.1, 0.15) is 72.6 Å². The van der Waals surface area contributed by atoms with Gasteiger partial charge in [-0.15, -0.1) is 0 Å². The summed E-state index contributed by atoms with van der Waals surface area (Å²) in [5, 5.41) is 5.57. The lowest BCUT2D eigenvalue weighted by Crippen LogP contribution is -2.36. The SMILES string of the molecule is CC(C)CCOC(C)(C)CCC(=O)NCCNC(=O)OCC1[C@H]2CCC=CCC[C@@H]12. The highest BCUT2D eigenvalue weighted by atomic mass is 16.5. The molecule has 0 aromatic rings. The Morgan fingerprint density at radius 2 is 1.70 bits per heavy atom. The van der Waals surface area contributed by atoms with Crippen molar-refractivity contribution in [2.75, 3.05) is 26.3 Å². The van der Waals surface area contributed by atoms with Gasteiger partial charge in [0, 0.05) is 26.1 Å². The van der Waals surface area contributed by atoms with Gasteiger partial charge in [-0.3, -0.25) is 4.79 Å². The highest BCUT2D eigenvalue weighted by Crippen LogP contribution is 2.52. The van der Waals surface area contributed by atoms with Gasteiger partial charge in [0.25, 0.3) is 0 Å². The minimum atomic E-state index is -0.388. The maximum Gasteiger partial charge on any atom is 0.407 e.